The average Bonchev–Trinajstić information content (AvgIpc) is 1.90. The van der Waals surface area contributed by atoms with E-state index in [0.717, 1.165) is 6.54 Å². The highest BCUT2D eigenvalue weighted by Crippen LogP contribution is 1.77. The first-order valence-electron chi connectivity index (χ1n) is 3.63. The molecule has 4 nitrogen and oxygen atoms in total. The number of unbranched alkanes of at least 4 members (excludes halogenated alkanes) is 1. The highest BCUT2D eigenvalue weighted by molar-refractivity contribution is 7.85. The molecule has 11 heavy (non-hydrogen) atoms. The summed E-state index contributed by atoms with van der Waals surface area (Å²) in [6.07, 6.45) is 2.39. The van der Waals surface area contributed by atoms with Crippen molar-refractivity contribution in [1.82, 2.24) is 0 Å². The van der Waals surface area contributed by atoms with E-state index in [9.17, 15) is 8.42 Å². The van der Waals surface area contributed by atoms with Crippen LogP contribution in [-0.4, -0.2) is 25.3 Å². The molecular weight excluding hydrogens is 166 g/mol. The molecular formula is C6H17NO3S. The Kier molecular flexibility index (Phi) is 9.75. The first-order valence-corrected chi connectivity index (χ1v) is 5.24. The molecule has 0 unspecified atom stereocenters. The molecule has 0 saturated heterocycles. The summed E-state index contributed by atoms with van der Waals surface area (Å²) in [6, 6.07) is 0. The van der Waals surface area contributed by atoms with Gasteiger partial charge in [0.05, 0.1) is 5.75 Å². The summed E-state index contributed by atoms with van der Waals surface area (Å²) in [4.78, 5) is 0. The highest BCUT2D eigenvalue weighted by Gasteiger charge is 1.93. The van der Waals surface area contributed by atoms with Crippen LogP contribution in [0.1, 0.15) is 26.7 Å². The maximum Gasteiger partial charge on any atom is 0.264 e. The second kappa shape index (κ2) is 7.97. The van der Waals surface area contributed by atoms with Gasteiger partial charge >= 0.3 is 0 Å². The summed E-state index contributed by atoms with van der Waals surface area (Å²) in [7, 11) is -3.66. The predicted octanol–water partition coefficient (Wildman–Crippen LogP) is 0.639. The van der Waals surface area contributed by atoms with Gasteiger partial charge in [0.25, 0.3) is 10.1 Å². The van der Waals surface area contributed by atoms with Crippen LogP contribution >= 0.6 is 0 Å². The van der Waals surface area contributed by atoms with Crippen LogP contribution in [0.5, 0.6) is 0 Å². The molecule has 0 saturated carbocycles. The van der Waals surface area contributed by atoms with Crippen molar-refractivity contribution in [3.8, 4) is 0 Å². The molecule has 0 heterocycles. The molecule has 0 aliphatic carbocycles. The average molecular weight is 183 g/mol. The van der Waals surface area contributed by atoms with Crippen molar-refractivity contribution in [3.05, 3.63) is 0 Å². The van der Waals surface area contributed by atoms with Gasteiger partial charge in [-0.15, -0.1) is 0 Å². The Hall–Kier alpha value is -0.130. The Labute approximate surface area is 68.5 Å². The van der Waals surface area contributed by atoms with Crippen molar-refractivity contribution in [2.24, 2.45) is 5.73 Å². The van der Waals surface area contributed by atoms with E-state index in [1.807, 2.05) is 0 Å². The van der Waals surface area contributed by atoms with Gasteiger partial charge in [-0.3, -0.25) is 4.55 Å². The molecule has 5 heteroatoms. The topological polar surface area (TPSA) is 80.4 Å². The fraction of sp³-hybridized carbons (Fsp3) is 1.00. The molecule has 0 bridgehead atoms. The third kappa shape index (κ3) is 25.8. The summed E-state index contributed by atoms with van der Waals surface area (Å²) < 4.78 is 26.9. The van der Waals surface area contributed by atoms with Crippen LogP contribution in [0.2, 0.25) is 0 Å². The van der Waals surface area contributed by atoms with Crippen LogP contribution in [-0.2, 0) is 10.1 Å². The van der Waals surface area contributed by atoms with Crippen molar-refractivity contribution < 1.29 is 13.0 Å². The molecule has 0 aromatic rings. The van der Waals surface area contributed by atoms with Crippen molar-refractivity contribution in [2.45, 2.75) is 26.7 Å². The Morgan fingerprint density at radius 2 is 1.73 bits per heavy atom. The first-order chi connectivity index (χ1) is 4.97. The van der Waals surface area contributed by atoms with E-state index in [1.54, 1.807) is 0 Å². The van der Waals surface area contributed by atoms with Gasteiger partial charge in [-0.1, -0.05) is 13.3 Å². The number of hydrogen-bond donors (Lipinski definition) is 2. The Morgan fingerprint density at radius 3 is 1.73 bits per heavy atom. The van der Waals surface area contributed by atoms with Crippen molar-refractivity contribution in [1.29, 1.82) is 0 Å². The molecule has 0 spiro atoms. The fourth-order valence-corrected chi connectivity index (χ4v) is 0.204. The monoisotopic (exact) mass is 183 g/mol. The fourth-order valence-electron chi connectivity index (χ4n) is 0.204. The molecule has 0 aliphatic heterocycles. The second-order valence-corrected chi connectivity index (χ2v) is 3.75. The Morgan fingerprint density at radius 1 is 1.36 bits per heavy atom. The van der Waals surface area contributed by atoms with Crippen LogP contribution in [0.15, 0.2) is 0 Å². The number of nitrogens with two attached hydrogens (primary N) is 1. The van der Waals surface area contributed by atoms with Crippen LogP contribution in [0.4, 0.5) is 0 Å². The van der Waals surface area contributed by atoms with Crippen LogP contribution < -0.4 is 5.73 Å². The van der Waals surface area contributed by atoms with Crippen molar-refractivity contribution in [2.75, 3.05) is 12.3 Å². The lowest BCUT2D eigenvalue weighted by Gasteiger charge is -1.80. The number of rotatable bonds is 3. The zero-order chi connectivity index (χ0) is 9.33. The predicted molar refractivity (Wildman–Crippen MR) is 46.1 cm³/mol. The zero-order valence-corrected chi connectivity index (χ0v) is 7.89. The maximum atomic E-state index is 9.56. The molecule has 0 aromatic heterocycles. The lowest BCUT2D eigenvalue weighted by molar-refractivity contribution is 0.484. The largest absolute Gasteiger partial charge is 0.330 e. The van der Waals surface area contributed by atoms with Gasteiger partial charge in [-0.05, 0) is 19.9 Å². The molecule has 0 atom stereocenters. The molecule has 0 aromatic carbocycles. The molecule has 70 valence electrons. The lowest BCUT2D eigenvalue weighted by Crippen LogP contribution is -1.97. The van der Waals surface area contributed by atoms with E-state index in [-0.39, 0.29) is 5.75 Å². The summed E-state index contributed by atoms with van der Waals surface area (Å²) >= 11 is 0. The van der Waals surface area contributed by atoms with Gasteiger partial charge in [0, 0.05) is 0 Å². The minimum absolute atomic E-state index is 0.201. The molecule has 0 aliphatic rings. The van der Waals surface area contributed by atoms with Crippen molar-refractivity contribution >= 4 is 10.1 Å². The van der Waals surface area contributed by atoms with E-state index >= 15 is 0 Å². The second-order valence-electron chi connectivity index (χ2n) is 2.01. The molecule has 3 N–H and O–H groups in total. The van der Waals surface area contributed by atoms with Crippen LogP contribution in [0.25, 0.3) is 0 Å². The summed E-state index contributed by atoms with van der Waals surface area (Å²) in [5.74, 6) is -0.201. The molecule has 0 rings (SSSR count). The Bertz CT molecular complexity index is 151. The lowest BCUT2D eigenvalue weighted by atomic mass is 10.3. The highest BCUT2D eigenvalue weighted by atomic mass is 32.2. The molecule has 0 amide bonds. The van der Waals surface area contributed by atoms with Crippen molar-refractivity contribution in [3.63, 3.8) is 0 Å². The first kappa shape index (κ1) is 13.5. The van der Waals surface area contributed by atoms with Crippen LogP contribution in [0.3, 0.4) is 0 Å². The summed E-state index contributed by atoms with van der Waals surface area (Å²) in [5.41, 5.74) is 5.14. The van der Waals surface area contributed by atoms with Gasteiger partial charge in [0.2, 0.25) is 0 Å². The SMILES string of the molecule is CCCCN.CCS(=O)(=O)O. The standard InChI is InChI=1S/C4H11N.C2H6O3S/c1-2-3-4-5;1-2-6(3,4)5/h2-5H2,1H3;2H2,1H3,(H,3,4,5). The third-order valence-corrected chi connectivity index (χ3v) is 1.65. The number of hydrogen-bond acceptors (Lipinski definition) is 3. The normalized spacial score (nSPS) is 10.2. The smallest absolute Gasteiger partial charge is 0.264 e. The molecule has 0 fully saturated rings. The van der Waals surface area contributed by atoms with E-state index in [0.29, 0.717) is 0 Å². The summed E-state index contributed by atoms with van der Waals surface area (Å²) in [5, 5.41) is 0. The third-order valence-electron chi connectivity index (χ3n) is 0.922. The van der Waals surface area contributed by atoms with Gasteiger partial charge in [0.15, 0.2) is 0 Å². The van der Waals surface area contributed by atoms with E-state index in [1.165, 1.54) is 19.8 Å². The van der Waals surface area contributed by atoms with Crippen LogP contribution in [0, 0.1) is 0 Å². The van der Waals surface area contributed by atoms with E-state index in [4.69, 9.17) is 10.3 Å². The summed E-state index contributed by atoms with van der Waals surface area (Å²) in [6.45, 7) is 4.35. The van der Waals surface area contributed by atoms with Gasteiger partial charge in [-0.25, -0.2) is 0 Å². The van der Waals surface area contributed by atoms with Gasteiger partial charge < -0.3 is 5.73 Å². The minimum atomic E-state index is -3.66. The quantitative estimate of drug-likeness (QED) is 0.629. The Balaban J connectivity index is 0. The zero-order valence-electron chi connectivity index (χ0n) is 7.08. The van der Waals surface area contributed by atoms with Gasteiger partial charge in [-0.2, -0.15) is 8.42 Å². The van der Waals surface area contributed by atoms with Gasteiger partial charge in [0.1, 0.15) is 0 Å². The molecule has 0 radical (unpaired) electrons. The minimum Gasteiger partial charge on any atom is -0.330 e. The van der Waals surface area contributed by atoms with E-state index in [2.05, 4.69) is 6.92 Å². The maximum absolute atomic E-state index is 9.56. The van der Waals surface area contributed by atoms with E-state index < -0.39 is 10.1 Å².